The van der Waals surface area contributed by atoms with Gasteiger partial charge in [0, 0.05) is 35.9 Å². The van der Waals surface area contributed by atoms with Crippen molar-refractivity contribution in [3.63, 3.8) is 0 Å². The highest BCUT2D eigenvalue weighted by Crippen LogP contribution is 2.27. The van der Waals surface area contributed by atoms with Crippen molar-refractivity contribution >= 4 is 34.8 Å². The molecule has 0 radical (unpaired) electrons. The van der Waals surface area contributed by atoms with Crippen LogP contribution in [0.4, 0.5) is 0 Å². The topological polar surface area (TPSA) is 71.5 Å². The van der Waals surface area contributed by atoms with E-state index in [1.54, 1.807) is 53.6 Å². The van der Waals surface area contributed by atoms with Crippen LogP contribution in [-0.2, 0) is 16.1 Å². The van der Waals surface area contributed by atoms with Gasteiger partial charge in [-0.15, -0.1) is 11.3 Å². The van der Waals surface area contributed by atoms with Crippen molar-refractivity contribution in [2.45, 2.75) is 25.9 Å². The van der Waals surface area contributed by atoms with Crippen LogP contribution in [0.5, 0.6) is 0 Å². The minimum absolute atomic E-state index is 0.260. The van der Waals surface area contributed by atoms with Gasteiger partial charge >= 0.3 is 0 Å². The summed E-state index contributed by atoms with van der Waals surface area (Å²) >= 11 is 7.61. The quantitative estimate of drug-likeness (QED) is 0.410. The first-order chi connectivity index (χ1) is 15.6. The maximum Gasteiger partial charge on any atom is 0.273 e. The molecule has 32 heavy (non-hydrogen) atoms. The molecule has 0 fully saturated rings. The van der Waals surface area contributed by atoms with Crippen molar-refractivity contribution in [3.8, 4) is 0 Å². The summed E-state index contributed by atoms with van der Waals surface area (Å²) in [7, 11) is 0. The Kier molecular flexibility index (Phi) is 9.22. The van der Waals surface area contributed by atoms with E-state index in [-0.39, 0.29) is 24.1 Å². The molecule has 2 heterocycles. The third-order valence-electron chi connectivity index (χ3n) is 4.77. The van der Waals surface area contributed by atoms with Gasteiger partial charge in [0.25, 0.3) is 5.91 Å². The van der Waals surface area contributed by atoms with E-state index in [1.807, 2.05) is 24.4 Å². The van der Waals surface area contributed by atoms with Crippen LogP contribution in [0.1, 0.15) is 40.3 Å². The standard InChI is InChI=1S/C24H26ClN3O3S/c1-2-31-15-6-14-27-23(29)22(18-9-11-19(25)12-10-18)28(17-20-7-5-16-32-20)24(30)21-8-3-4-13-26-21/h3-5,7-13,16,22H,2,6,14-15,17H2,1H3,(H,27,29)/t22-/m1/s1. The molecule has 1 atom stereocenters. The van der Waals surface area contributed by atoms with Gasteiger partial charge in [-0.1, -0.05) is 35.9 Å². The second-order valence-electron chi connectivity index (χ2n) is 7.02. The fourth-order valence-corrected chi connectivity index (χ4v) is 4.06. The zero-order valence-corrected chi connectivity index (χ0v) is 19.4. The van der Waals surface area contributed by atoms with Crippen LogP contribution in [0.15, 0.2) is 66.2 Å². The SMILES string of the molecule is CCOCCCNC(=O)[C@@H](c1ccc(Cl)cc1)N(Cc1cccs1)C(=O)c1ccccn1. The van der Waals surface area contributed by atoms with Gasteiger partial charge in [-0.05, 0) is 54.6 Å². The molecule has 0 aliphatic rings. The van der Waals surface area contributed by atoms with Crippen LogP contribution < -0.4 is 5.32 Å². The summed E-state index contributed by atoms with van der Waals surface area (Å²) in [6.45, 7) is 3.86. The van der Waals surface area contributed by atoms with E-state index in [0.717, 1.165) is 4.88 Å². The number of nitrogens with one attached hydrogen (secondary N) is 1. The van der Waals surface area contributed by atoms with Crippen LogP contribution in [0.25, 0.3) is 0 Å². The molecule has 2 aromatic heterocycles. The Bertz CT molecular complexity index is 981. The molecule has 0 unspecified atom stereocenters. The number of benzene rings is 1. The van der Waals surface area contributed by atoms with Crippen molar-refractivity contribution in [2.75, 3.05) is 19.8 Å². The Morgan fingerprint density at radius 2 is 1.97 bits per heavy atom. The van der Waals surface area contributed by atoms with Gasteiger partial charge in [-0.25, -0.2) is 0 Å². The Labute approximate surface area is 197 Å². The highest BCUT2D eigenvalue weighted by atomic mass is 35.5. The molecule has 3 aromatic rings. The monoisotopic (exact) mass is 471 g/mol. The summed E-state index contributed by atoms with van der Waals surface area (Å²) < 4.78 is 5.35. The van der Waals surface area contributed by atoms with Crippen molar-refractivity contribution in [2.24, 2.45) is 0 Å². The fourth-order valence-electron chi connectivity index (χ4n) is 3.23. The minimum Gasteiger partial charge on any atom is -0.382 e. The van der Waals surface area contributed by atoms with Crippen LogP contribution in [0.2, 0.25) is 5.02 Å². The van der Waals surface area contributed by atoms with Gasteiger partial charge in [0.05, 0.1) is 6.54 Å². The van der Waals surface area contributed by atoms with Crippen LogP contribution in [0.3, 0.4) is 0 Å². The number of amides is 2. The molecule has 0 spiro atoms. The molecule has 0 saturated heterocycles. The average molecular weight is 472 g/mol. The molecule has 0 aliphatic carbocycles. The number of hydrogen-bond acceptors (Lipinski definition) is 5. The highest BCUT2D eigenvalue weighted by Gasteiger charge is 2.32. The number of nitrogens with zero attached hydrogens (tertiary/aromatic N) is 2. The Morgan fingerprint density at radius 1 is 1.16 bits per heavy atom. The normalized spacial score (nSPS) is 11.7. The third-order valence-corrected chi connectivity index (χ3v) is 5.88. The van der Waals surface area contributed by atoms with Gasteiger partial charge in [0.15, 0.2) is 0 Å². The molecule has 2 amide bonds. The number of thiophene rings is 1. The molecule has 168 valence electrons. The van der Waals surface area contributed by atoms with E-state index in [9.17, 15) is 9.59 Å². The van der Waals surface area contributed by atoms with E-state index in [4.69, 9.17) is 16.3 Å². The minimum atomic E-state index is -0.837. The third kappa shape index (κ3) is 6.63. The predicted molar refractivity (Wildman–Crippen MR) is 127 cm³/mol. The molecule has 6 nitrogen and oxygen atoms in total. The Hall–Kier alpha value is -2.74. The Morgan fingerprint density at radius 3 is 2.62 bits per heavy atom. The lowest BCUT2D eigenvalue weighted by atomic mass is 10.0. The van der Waals surface area contributed by atoms with Crippen molar-refractivity contribution in [3.05, 3.63) is 87.3 Å². The molecule has 8 heteroatoms. The molecular formula is C24H26ClN3O3S. The second kappa shape index (κ2) is 12.3. The van der Waals surface area contributed by atoms with Gasteiger partial charge in [0.2, 0.25) is 5.91 Å². The summed E-state index contributed by atoms with van der Waals surface area (Å²) in [4.78, 5) is 33.6. The number of aromatic nitrogens is 1. The average Bonchev–Trinajstić information content (AvgIpc) is 3.33. The Balaban J connectivity index is 1.93. The van der Waals surface area contributed by atoms with E-state index in [2.05, 4.69) is 10.3 Å². The first kappa shape index (κ1) is 23.9. The zero-order chi connectivity index (χ0) is 22.8. The van der Waals surface area contributed by atoms with Gasteiger partial charge in [-0.3, -0.25) is 14.6 Å². The van der Waals surface area contributed by atoms with E-state index >= 15 is 0 Å². The van der Waals surface area contributed by atoms with Crippen LogP contribution in [0, 0.1) is 0 Å². The highest BCUT2D eigenvalue weighted by molar-refractivity contribution is 7.09. The van der Waals surface area contributed by atoms with Gasteiger partial charge < -0.3 is 15.0 Å². The van der Waals surface area contributed by atoms with Crippen molar-refractivity contribution < 1.29 is 14.3 Å². The number of carbonyl (C=O) groups is 2. The van der Waals surface area contributed by atoms with Crippen LogP contribution in [-0.4, -0.2) is 41.5 Å². The molecule has 0 saturated carbocycles. The molecular weight excluding hydrogens is 446 g/mol. The lowest BCUT2D eigenvalue weighted by molar-refractivity contribution is -0.126. The number of carbonyl (C=O) groups excluding carboxylic acids is 2. The van der Waals surface area contributed by atoms with Crippen molar-refractivity contribution in [1.29, 1.82) is 0 Å². The first-order valence-corrected chi connectivity index (χ1v) is 11.7. The largest absolute Gasteiger partial charge is 0.382 e. The summed E-state index contributed by atoms with van der Waals surface area (Å²) in [5.74, 6) is -0.576. The second-order valence-corrected chi connectivity index (χ2v) is 8.49. The summed E-state index contributed by atoms with van der Waals surface area (Å²) in [5.41, 5.74) is 0.963. The van der Waals surface area contributed by atoms with E-state index in [1.165, 1.54) is 11.3 Å². The number of hydrogen-bond donors (Lipinski definition) is 1. The predicted octanol–water partition coefficient (Wildman–Crippen LogP) is 4.72. The number of pyridine rings is 1. The smallest absolute Gasteiger partial charge is 0.273 e. The molecule has 1 N–H and O–H groups in total. The maximum atomic E-state index is 13.5. The molecule has 0 bridgehead atoms. The van der Waals surface area contributed by atoms with Gasteiger partial charge in [-0.2, -0.15) is 0 Å². The number of rotatable bonds is 11. The van der Waals surface area contributed by atoms with Crippen LogP contribution >= 0.6 is 22.9 Å². The fraction of sp³-hybridized carbons (Fsp3) is 0.292. The molecule has 0 aliphatic heterocycles. The van der Waals surface area contributed by atoms with E-state index < -0.39 is 6.04 Å². The zero-order valence-electron chi connectivity index (χ0n) is 17.9. The van der Waals surface area contributed by atoms with Crippen molar-refractivity contribution in [1.82, 2.24) is 15.2 Å². The summed E-state index contributed by atoms with van der Waals surface area (Å²) in [6.07, 6.45) is 2.26. The summed E-state index contributed by atoms with van der Waals surface area (Å²) in [5, 5.41) is 5.47. The first-order valence-electron chi connectivity index (χ1n) is 10.5. The van der Waals surface area contributed by atoms with Gasteiger partial charge in [0.1, 0.15) is 11.7 Å². The number of halogens is 1. The lowest BCUT2D eigenvalue weighted by Crippen LogP contribution is -2.44. The lowest BCUT2D eigenvalue weighted by Gasteiger charge is -2.31. The molecule has 3 rings (SSSR count). The maximum absolute atomic E-state index is 13.5. The summed E-state index contributed by atoms with van der Waals surface area (Å²) in [6, 6.07) is 15.2. The molecule has 1 aromatic carbocycles. The van der Waals surface area contributed by atoms with E-state index in [0.29, 0.717) is 36.8 Å². The number of ether oxygens (including phenoxy) is 1.